The minimum atomic E-state index is -1.48. The third-order valence-corrected chi connectivity index (χ3v) is 6.72. The molecule has 1 spiro atoms. The lowest BCUT2D eigenvalue weighted by Crippen LogP contribution is -2.71. The molecule has 2 aromatic heterocycles. The first-order valence-corrected chi connectivity index (χ1v) is 12.1. The molecule has 4 amide bonds. The maximum absolute atomic E-state index is 12.7. The third kappa shape index (κ3) is 4.31. The first kappa shape index (κ1) is 24.1. The lowest BCUT2D eigenvalue weighted by molar-refractivity contribution is -0.137. The predicted molar refractivity (Wildman–Crippen MR) is 137 cm³/mol. The Balaban J connectivity index is 1.14. The van der Waals surface area contributed by atoms with Crippen LogP contribution in [0.4, 0.5) is 10.5 Å². The maximum Gasteiger partial charge on any atom is 0.328 e. The average Bonchev–Trinajstić information content (AvgIpc) is 3.62. The molecule has 196 valence electrons. The van der Waals surface area contributed by atoms with E-state index in [4.69, 9.17) is 14.0 Å². The zero-order chi connectivity index (χ0) is 27.0. The van der Waals surface area contributed by atoms with E-state index in [0.29, 0.717) is 48.4 Å². The van der Waals surface area contributed by atoms with Crippen LogP contribution in [0.1, 0.15) is 12.8 Å². The Bertz CT molecular complexity index is 1530. The van der Waals surface area contributed by atoms with E-state index in [1.807, 2.05) is 24.3 Å². The minimum absolute atomic E-state index is 0.296. The van der Waals surface area contributed by atoms with E-state index >= 15 is 0 Å². The Labute approximate surface area is 221 Å². The number of nitrogens with one attached hydrogen (secondary N) is 2. The Hall–Kier alpha value is -5.26. The quantitative estimate of drug-likeness (QED) is 0.358. The van der Waals surface area contributed by atoms with Crippen molar-refractivity contribution >= 4 is 23.5 Å². The number of urea groups is 1. The number of carbonyl (C=O) groups is 3. The molecule has 4 aromatic rings. The summed E-state index contributed by atoms with van der Waals surface area (Å²) < 4.78 is 16.5. The monoisotopic (exact) mass is 526 g/mol. The molecule has 2 aliphatic heterocycles. The molecule has 4 heterocycles. The molecule has 2 N–H and O–H groups in total. The second kappa shape index (κ2) is 9.56. The molecule has 12 nitrogen and oxygen atoms in total. The third-order valence-electron chi connectivity index (χ3n) is 6.72. The van der Waals surface area contributed by atoms with Crippen LogP contribution in [0.25, 0.3) is 22.8 Å². The molecule has 39 heavy (non-hydrogen) atoms. The van der Waals surface area contributed by atoms with Crippen LogP contribution >= 0.6 is 0 Å². The van der Waals surface area contributed by atoms with Crippen molar-refractivity contribution in [3.8, 4) is 40.2 Å². The fraction of sp³-hybridized carbons (Fsp3) is 0.185. The Morgan fingerprint density at radius 2 is 1.59 bits per heavy atom. The van der Waals surface area contributed by atoms with Gasteiger partial charge in [0.15, 0.2) is 5.54 Å². The summed E-state index contributed by atoms with van der Waals surface area (Å²) in [6.07, 6.45) is 2.44. The highest BCUT2D eigenvalue weighted by atomic mass is 16.5. The van der Waals surface area contributed by atoms with Crippen LogP contribution in [0.3, 0.4) is 0 Å². The Morgan fingerprint density at radius 1 is 0.897 bits per heavy atom. The molecule has 2 fully saturated rings. The fourth-order valence-corrected chi connectivity index (χ4v) is 4.76. The maximum atomic E-state index is 12.7. The van der Waals surface area contributed by atoms with Crippen molar-refractivity contribution in [3.05, 3.63) is 66.9 Å². The highest BCUT2D eigenvalue weighted by molar-refractivity contribution is 6.24. The van der Waals surface area contributed by atoms with Crippen molar-refractivity contribution in [2.75, 3.05) is 18.6 Å². The number of amides is 4. The summed E-state index contributed by atoms with van der Waals surface area (Å²) in [5.74, 6) is 1.17. The number of methoxy groups -OCH3 is 1. The topological polar surface area (TPSA) is 149 Å². The van der Waals surface area contributed by atoms with E-state index < -0.39 is 23.4 Å². The second-order valence-corrected chi connectivity index (χ2v) is 8.99. The smallest absolute Gasteiger partial charge is 0.328 e. The zero-order valence-electron chi connectivity index (χ0n) is 20.7. The number of imide groups is 2. The largest absolute Gasteiger partial charge is 0.497 e. The minimum Gasteiger partial charge on any atom is -0.497 e. The van der Waals surface area contributed by atoms with Gasteiger partial charge in [-0.2, -0.15) is 4.98 Å². The van der Waals surface area contributed by atoms with Gasteiger partial charge >= 0.3 is 6.03 Å². The van der Waals surface area contributed by atoms with Gasteiger partial charge in [0.1, 0.15) is 11.5 Å². The van der Waals surface area contributed by atoms with Crippen LogP contribution in [0.5, 0.6) is 17.4 Å². The molecule has 12 heteroatoms. The molecule has 0 atom stereocenters. The number of benzene rings is 2. The SMILES string of the molecule is COc1ccc(-c2noc(-c3ccc(Oc4ccc(N5CCCC56C(=O)NC(=O)NC6=O)cn4)cc3)n2)cc1. The number of hydrogen-bond acceptors (Lipinski definition) is 10. The van der Waals surface area contributed by atoms with Gasteiger partial charge in [-0.15, -0.1) is 0 Å². The van der Waals surface area contributed by atoms with Gasteiger partial charge in [0.25, 0.3) is 17.7 Å². The lowest BCUT2D eigenvalue weighted by Gasteiger charge is -2.38. The van der Waals surface area contributed by atoms with Gasteiger partial charge in [-0.3, -0.25) is 20.2 Å². The van der Waals surface area contributed by atoms with Gasteiger partial charge in [0, 0.05) is 23.7 Å². The summed E-state index contributed by atoms with van der Waals surface area (Å²) in [4.78, 5) is 47.3. The summed E-state index contributed by atoms with van der Waals surface area (Å²) in [5.41, 5.74) is 0.618. The first-order valence-electron chi connectivity index (χ1n) is 12.1. The zero-order valence-corrected chi connectivity index (χ0v) is 20.7. The molecule has 2 aromatic carbocycles. The Morgan fingerprint density at radius 3 is 2.26 bits per heavy atom. The fourth-order valence-electron chi connectivity index (χ4n) is 4.76. The predicted octanol–water partition coefficient (Wildman–Crippen LogP) is 3.30. The summed E-state index contributed by atoms with van der Waals surface area (Å²) in [7, 11) is 1.60. The molecule has 2 saturated heterocycles. The van der Waals surface area contributed by atoms with Gasteiger partial charge in [0.05, 0.1) is 19.0 Å². The molecule has 2 aliphatic rings. The molecule has 6 rings (SSSR count). The number of ether oxygens (including phenoxy) is 2. The number of anilines is 1. The normalized spacial score (nSPS) is 16.2. The van der Waals surface area contributed by atoms with Crippen LogP contribution in [-0.2, 0) is 9.59 Å². The Kier molecular flexibility index (Phi) is 5.91. The van der Waals surface area contributed by atoms with Gasteiger partial charge in [0.2, 0.25) is 11.7 Å². The summed E-state index contributed by atoms with van der Waals surface area (Å²) in [5, 5.41) is 8.46. The first-order chi connectivity index (χ1) is 19.0. The van der Waals surface area contributed by atoms with Crippen LogP contribution in [-0.4, -0.2) is 52.2 Å². The van der Waals surface area contributed by atoms with E-state index in [0.717, 1.165) is 16.9 Å². The summed E-state index contributed by atoms with van der Waals surface area (Å²) in [6.45, 7) is 0.466. The van der Waals surface area contributed by atoms with Gasteiger partial charge in [-0.1, -0.05) is 5.16 Å². The van der Waals surface area contributed by atoms with Crippen LogP contribution < -0.4 is 25.0 Å². The highest BCUT2D eigenvalue weighted by Crippen LogP contribution is 2.36. The molecule has 0 radical (unpaired) electrons. The van der Waals surface area contributed by atoms with E-state index in [9.17, 15) is 14.4 Å². The average molecular weight is 527 g/mol. The number of aromatic nitrogens is 3. The van der Waals surface area contributed by atoms with Gasteiger partial charge in [-0.25, -0.2) is 9.78 Å². The highest BCUT2D eigenvalue weighted by Gasteiger charge is 2.57. The lowest BCUT2D eigenvalue weighted by atomic mass is 9.92. The van der Waals surface area contributed by atoms with Crippen LogP contribution in [0, 0.1) is 0 Å². The van der Waals surface area contributed by atoms with E-state index in [1.165, 1.54) is 6.20 Å². The summed E-state index contributed by atoms with van der Waals surface area (Å²) >= 11 is 0. The van der Waals surface area contributed by atoms with Crippen molar-refractivity contribution in [1.82, 2.24) is 25.8 Å². The van der Waals surface area contributed by atoms with Crippen molar-refractivity contribution in [2.24, 2.45) is 0 Å². The molecule has 0 aliphatic carbocycles. The number of carbonyl (C=O) groups excluding carboxylic acids is 3. The molecule has 0 bridgehead atoms. The number of nitrogens with zero attached hydrogens (tertiary/aromatic N) is 4. The van der Waals surface area contributed by atoms with Crippen molar-refractivity contribution in [2.45, 2.75) is 18.4 Å². The van der Waals surface area contributed by atoms with E-state index in [-0.39, 0.29) is 0 Å². The van der Waals surface area contributed by atoms with Crippen molar-refractivity contribution < 1.29 is 28.4 Å². The number of pyridine rings is 1. The second-order valence-electron chi connectivity index (χ2n) is 8.99. The van der Waals surface area contributed by atoms with E-state index in [2.05, 4.69) is 25.8 Å². The van der Waals surface area contributed by atoms with E-state index in [1.54, 1.807) is 48.4 Å². The molecule has 0 unspecified atom stereocenters. The van der Waals surface area contributed by atoms with Gasteiger partial charge < -0.3 is 18.9 Å². The molecular formula is C27H22N6O6. The van der Waals surface area contributed by atoms with Crippen LogP contribution in [0.15, 0.2) is 71.4 Å². The standard InChI is InChI=1S/C27H22N6O6/c1-37-19-8-3-16(4-9-19)22-29-23(39-32-22)17-5-10-20(11-6-17)38-21-12-7-18(15-28-21)33-14-2-13-27(33)24(34)30-26(36)31-25(27)35/h3-12,15H,2,13-14H2,1H3,(H2,30,31,34,35,36). The number of rotatable bonds is 6. The van der Waals surface area contributed by atoms with Crippen molar-refractivity contribution in [1.29, 1.82) is 0 Å². The summed E-state index contributed by atoms with van der Waals surface area (Å²) in [6, 6.07) is 17.0. The molecular weight excluding hydrogens is 504 g/mol. The number of barbiturate groups is 1. The number of hydrogen-bond donors (Lipinski definition) is 2. The molecule has 0 saturated carbocycles. The van der Waals surface area contributed by atoms with Crippen LogP contribution in [0.2, 0.25) is 0 Å². The van der Waals surface area contributed by atoms with Gasteiger partial charge in [-0.05, 0) is 67.4 Å². The van der Waals surface area contributed by atoms with Crippen molar-refractivity contribution in [3.63, 3.8) is 0 Å².